The maximum Gasteiger partial charge on any atom is 0.234 e. The van der Waals surface area contributed by atoms with Crippen LogP contribution in [0.2, 0.25) is 0 Å². The first-order chi connectivity index (χ1) is 9.66. The maximum absolute atomic E-state index is 11.0. The molecule has 0 atom stereocenters. The van der Waals surface area contributed by atoms with Crippen LogP contribution in [-0.4, -0.2) is 35.4 Å². The van der Waals surface area contributed by atoms with E-state index in [-0.39, 0.29) is 11.2 Å². The highest BCUT2D eigenvalue weighted by atomic mass is 32.2. The van der Waals surface area contributed by atoms with Gasteiger partial charge < -0.3 is 4.74 Å². The number of nitrogens with two attached hydrogens (primary N) is 1. The number of sulfonamides is 1. The van der Waals surface area contributed by atoms with E-state index in [0.717, 1.165) is 11.2 Å². The summed E-state index contributed by atoms with van der Waals surface area (Å²) in [6.07, 6.45) is 3.84. The van der Waals surface area contributed by atoms with Gasteiger partial charge in [-0.25, -0.2) is 23.1 Å². The highest BCUT2D eigenvalue weighted by Crippen LogP contribution is 2.24. The Kier molecular flexibility index (Phi) is 4.20. The van der Waals surface area contributed by atoms with Crippen molar-refractivity contribution >= 4 is 15.7 Å². The number of imidazole rings is 1. The number of rotatable bonds is 6. The summed E-state index contributed by atoms with van der Waals surface area (Å²) >= 11 is 0. The molecule has 0 saturated heterocycles. The first kappa shape index (κ1) is 15.7. The quantitative estimate of drug-likeness (QED) is 0.861. The zero-order valence-electron chi connectivity index (χ0n) is 12.4. The molecular formula is C13H20N4O3S. The molecule has 0 amide bonds. The van der Waals surface area contributed by atoms with Gasteiger partial charge in [0.05, 0.1) is 12.4 Å². The Morgan fingerprint density at radius 1 is 1.43 bits per heavy atom. The average molecular weight is 312 g/mol. The van der Waals surface area contributed by atoms with E-state index < -0.39 is 10.0 Å². The molecule has 0 saturated carbocycles. The average Bonchev–Trinajstić information content (AvgIpc) is 2.80. The number of aryl methyl sites for hydroxylation is 1. The summed E-state index contributed by atoms with van der Waals surface area (Å²) in [6, 6.07) is 1.89. The number of fused-ring (bicyclic) bond motifs is 1. The molecule has 0 radical (unpaired) electrons. The van der Waals surface area contributed by atoms with E-state index in [4.69, 9.17) is 9.88 Å². The lowest BCUT2D eigenvalue weighted by Crippen LogP contribution is -2.27. The summed E-state index contributed by atoms with van der Waals surface area (Å²) < 4.78 is 29.5. The number of hydrogen-bond acceptors (Lipinski definition) is 5. The van der Waals surface area contributed by atoms with Crippen LogP contribution >= 0.6 is 0 Å². The predicted octanol–water partition coefficient (Wildman–Crippen LogP) is 1.12. The Balaban J connectivity index is 2.04. The molecule has 21 heavy (non-hydrogen) atoms. The number of nitrogens with zero attached hydrogens (tertiary/aromatic N) is 3. The highest BCUT2D eigenvalue weighted by molar-refractivity contribution is 7.89. The highest BCUT2D eigenvalue weighted by Gasteiger charge is 2.22. The molecule has 0 aliphatic carbocycles. The van der Waals surface area contributed by atoms with Crippen molar-refractivity contribution in [3.63, 3.8) is 0 Å². The second-order valence-electron chi connectivity index (χ2n) is 5.93. The Morgan fingerprint density at radius 2 is 2.14 bits per heavy atom. The molecule has 0 unspecified atom stereocenters. The number of aromatic nitrogens is 3. The van der Waals surface area contributed by atoms with Crippen LogP contribution in [0.25, 0.3) is 5.65 Å². The van der Waals surface area contributed by atoms with Gasteiger partial charge in [0.15, 0.2) is 5.65 Å². The van der Waals surface area contributed by atoms with E-state index in [1.165, 1.54) is 0 Å². The fourth-order valence-electron chi connectivity index (χ4n) is 1.83. The number of hydrogen-bond donors (Lipinski definition) is 1. The Labute approximate surface area is 124 Å². The van der Waals surface area contributed by atoms with Crippen molar-refractivity contribution in [2.75, 3.05) is 12.4 Å². The monoisotopic (exact) mass is 312 g/mol. The first-order valence-corrected chi connectivity index (χ1v) is 8.32. The minimum Gasteiger partial charge on any atom is -0.476 e. The van der Waals surface area contributed by atoms with E-state index in [1.54, 1.807) is 16.9 Å². The standard InChI is InChI=1S/C13H20N4O3S/c1-10-8-11-15-5-6-17(11)16-12(10)20-9-13(2,3)4-7-21(14,18)19/h5-6,8H,4,7,9H2,1-3H3,(H2,14,18,19). The van der Waals surface area contributed by atoms with Crippen molar-refractivity contribution in [3.05, 3.63) is 24.0 Å². The zero-order chi connectivity index (χ0) is 15.7. The van der Waals surface area contributed by atoms with Gasteiger partial charge in [-0.3, -0.25) is 0 Å². The van der Waals surface area contributed by atoms with Gasteiger partial charge in [-0.1, -0.05) is 13.8 Å². The molecule has 2 heterocycles. The van der Waals surface area contributed by atoms with E-state index >= 15 is 0 Å². The van der Waals surface area contributed by atoms with Crippen LogP contribution in [0.5, 0.6) is 5.88 Å². The number of ether oxygens (including phenoxy) is 1. The van der Waals surface area contributed by atoms with Crippen LogP contribution in [-0.2, 0) is 10.0 Å². The molecule has 2 aromatic rings. The molecule has 0 bridgehead atoms. The molecular weight excluding hydrogens is 292 g/mol. The second-order valence-corrected chi connectivity index (χ2v) is 7.67. The minimum atomic E-state index is -3.45. The van der Waals surface area contributed by atoms with Gasteiger partial charge >= 0.3 is 0 Å². The van der Waals surface area contributed by atoms with Gasteiger partial charge in [-0.05, 0) is 24.8 Å². The van der Waals surface area contributed by atoms with Gasteiger partial charge in [0.2, 0.25) is 15.9 Å². The molecule has 0 fully saturated rings. The van der Waals surface area contributed by atoms with Gasteiger partial charge in [-0.2, -0.15) is 0 Å². The van der Waals surface area contributed by atoms with Gasteiger partial charge in [-0.15, -0.1) is 5.10 Å². The Bertz CT molecular complexity index is 737. The molecule has 0 spiro atoms. The SMILES string of the molecule is Cc1cc2nccn2nc1OCC(C)(C)CCS(N)(=O)=O. The molecule has 2 aromatic heterocycles. The molecule has 0 aliphatic rings. The third-order valence-electron chi connectivity index (χ3n) is 3.19. The second kappa shape index (κ2) is 5.61. The van der Waals surface area contributed by atoms with Crippen LogP contribution in [0.1, 0.15) is 25.8 Å². The predicted molar refractivity (Wildman–Crippen MR) is 79.6 cm³/mol. The van der Waals surface area contributed by atoms with Gasteiger partial charge in [0.25, 0.3) is 0 Å². The third-order valence-corrected chi connectivity index (χ3v) is 3.97. The van der Waals surface area contributed by atoms with E-state index in [0.29, 0.717) is 18.9 Å². The normalized spacial score (nSPS) is 12.8. The Morgan fingerprint density at radius 3 is 2.81 bits per heavy atom. The maximum atomic E-state index is 11.0. The lowest BCUT2D eigenvalue weighted by Gasteiger charge is -2.24. The fourth-order valence-corrected chi connectivity index (χ4v) is 2.66. The lowest BCUT2D eigenvalue weighted by molar-refractivity contribution is 0.168. The summed E-state index contributed by atoms with van der Waals surface area (Å²) in [5, 5.41) is 9.37. The lowest BCUT2D eigenvalue weighted by atomic mass is 9.91. The van der Waals surface area contributed by atoms with Gasteiger partial charge in [0, 0.05) is 18.0 Å². The molecule has 2 N–H and O–H groups in total. The summed E-state index contributed by atoms with van der Waals surface area (Å²) in [5.41, 5.74) is 1.33. The van der Waals surface area contributed by atoms with Gasteiger partial charge in [0.1, 0.15) is 0 Å². The largest absolute Gasteiger partial charge is 0.476 e. The molecule has 7 nitrogen and oxygen atoms in total. The molecule has 0 aliphatic heterocycles. The molecule has 8 heteroatoms. The van der Waals surface area contributed by atoms with Crippen LogP contribution in [0.15, 0.2) is 18.5 Å². The summed E-state index contributed by atoms with van der Waals surface area (Å²) in [7, 11) is -3.45. The smallest absolute Gasteiger partial charge is 0.234 e. The van der Waals surface area contributed by atoms with Crippen molar-refractivity contribution in [1.82, 2.24) is 14.6 Å². The summed E-state index contributed by atoms with van der Waals surface area (Å²) in [5.74, 6) is 0.459. The van der Waals surface area contributed by atoms with Crippen molar-refractivity contribution in [2.45, 2.75) is 27.2 Å². The fraction of sp³-hybridized carbons (Fsp3) is 0.538. The van der Waals surface area contributed by atoms with Crippen molar-refractivity contribution in [2.24, 2.45) is 10.6 Å². The molecule has 0 aromatic carbocycles. The zero-order valence-corrected chi connectivity index (χ0v) is 13.2. The van der Waals surface area contributed by atoms with Crippen LogP contribution in [0, 0.1) is 12.3 Å². The molecule has 116 valence electrons. The van der Waals surface area contributed by atoms with E-state index in [1.807, 2.05) is 26.8 Å². The van der Waals surface area contributed by atoms with Crippen molar-refractivity contribution in [1.29, 1.82) is 0 Å². The van der Waals surface area contributed by atoms with Crippen molar-refractivity contribution in [3.8, 4) is 5.88 Å². The molecule has 2 rings (SSSR count). The van der Waals surface area contributed by atoms with Crippen molar-refractivity contribution < 1.29 is 13.2 Å². The third kappa shape index (κ3) is 4.40. The van der Waals surface area contributed by atoms with Crippen LogP contribution < -0.4 is 9.88 Å². The summed E-state index contributed by atoms with van der Waals surface area (Å²) in [4.78, 5) is 4.15. The van der Waals surface area contributed by atoms with Crippen LogP contribution in [0.4, 0.5) is 0 Å². The Hall–Kier alpha value is -1.67. The van der Waals surface area contributed by atoms with E-state index in [9.17, 15) is 8.42 Å². The van der Waals surface area contributed by atoms with E-state index in [2.05, 4.69) is 10.1 Å². The summed E-state index contributed by atoms with van der Waals surface area (Å²) in [6.45, 7) is 6.12. The first-order valence-electron chi connectivity index (χ1n) is 6.61. The minimum absolute atomic E-state index is 0.0592. The topological polar surface area (TPSA) is 99.6 Å². The number of primary sulfonamides is 1. The van der Waals surface area contributed by atoms with Crippen LogP contribution in [0.3, 0.4) is 0 Å².